The van der Waals surface area contributed by atoms with Crippen molar-refractivity contribution in [1.29, 1.82) is 0 Å². The quantitative estimate of drug-likeness (QED) is 0.0162. The van der Waals surface area contributed by atoms with Gasteiger partial charge in [-0.3, -0.25) is 34.7 Å². The van der Waals surface area contributed by atoms with Crippen LogP contribution in [0.15, 0.2) is 141 Å². The molecule has 3 amide bonds. The predicted molar refractivity (Wildman–Crippen MR) is 420 cm³/mol. The largest absolute Gasteiger partial charge is 0.478 e. The van der Waals surface area contributed by atoms with E-state index in [-0.39, 0.29) is 74.2 Å². The molecule has 1 aliphatic heterocycles. The number of para-hydroxylation sites is 3. The van der Waals surface area contributed by atoms with Crippen molar-refractivity contribution < 1.29 is 96.0 Å². The summed E-state index contributed by atoms with van der Waals surface area (Å²) in [5.41, 5.74) is 5.69. The fourth-order valence-corrected chi connectivity index (χ4v) is 9.56. The molecule has 7 aromatic rings. The molecule has 614 valence electrons. The molecule has 5 heterocycles. The van der Waals surface area contributed by atoms with Gasteiger partial charge in [0.1, 0.15) is 22.4 Å². The van der Waals surface area contributed by atoms with Gasteiger partial charge < -0.3 is 52.8 Å². The van der Waals surface area contributed by atoms with Gasteiger partial charge >= 0.3 is 54.1 Å². The Labute approximate surface area is 656 Å². The molecular weight excluding hydrogens is 1450 g/mol. The molecule has 5 unspecified atom stereocenters. The van der Waals surface area contributed by atoms with E-state index < -0.39 is 83.4 Å². The van der Waals surface area contributed by atoms with E-state index in [1.165, 1.54) is 24.9 Å². The van der Waals surface area contributed by atoms with E-state index in [2.05, 4.69) is 42.9 Å². The minimum atomic E-state index is -1.32. The van der Waals surface area contributed by atoms with E-state index >= 15 is 0 Å². The molecule has 5 atom stereocenters. The average Bonchev–Trinajstić information content (AvgIpc) is 1.81. The molecule has 31 heteroatoms. The first-order chi connectivity index (χ1) is 52.2. The molecule has 0 radical (unpaired) electrons. The molecule has 3 aromatic carbocycles. The number of aryl methyl sites for hydroxylation is 3. The van der Waals surface area contributed by atoms with Crippen LogP contribution in [0.3, 0.4) is 0 Å². The first kappa shape index (κ1) is 95.0. The number of aliphatic hydroxyl groups excluding tert-OH is 1. The van der Waals surface area contributed by atoms with Gasteiger partial charge in [-0.2, -0.15) is 20.4 Å². The van der Waals surface area contributed by atoms with E-state index in [0.717, 1.165) is 39.5 Å². The minimum absolute atomic E-state index is 0.0550. The molecule has 5 N–H and O–H groups in total. The number of anilines is 3. The number of aromatic nitrogens is 8. The van der Waals surface area contributed by atoms with Crippen molar-refractivity contribution in [1.82, 2.24) is 39.1 Å². The van der Waals surface area contributed by atoms with Crippen molar-refractivity contribution >= 4 is 71.2 Å². The van der Waals surface area contributed by atoms with E-state index in [4.69, 9.17) is 42.6 Å². The first-order valence-corrected chi connectivity index (χ1v) is 36.5. The lowest BCUT2D eigenvalue weighted by Crippen LogP contribution is -2.38. The minimum Gasteiger partial charge on any atom is -0.478 e. The second-order valence-corrected chi connectivity index (χ2v) is 30.3. The van der Waals surface area contributed by atoms with Crippen molar-refractivity contribution in [3.05, 3.63) is 174 Å². The predicted octanol–water partition coefficient (Wildman–Crippen LogP) is 13.6. The maximum Gasteiger partial charge on any atom is 0.412 e. The van der Waals surface area contributed by atoms with E-state index in [9.17, 15) is 53.4 Å². The molecule has 112 heavy (non-hydrogen) atoms. The van der Waals surface area contributed by atoms with Crippen LogP contribution in [0.2, 0.25) is 0 Å². The van der Waals surface area contributed by atoms with Crippen LogP contribution in [0.1, 0.15) is 183 Å². The van der Waals surface area contributed by atoms with Crippen LogP contribution >= 0.6 is 0 Å². The van der Waals surface area contributed by atoms with Gasteiger partial charge in [0.05, 0.1) is 56.5 Å². The highest BCUT2D eigenvalue weighted by Crippen LogP contribution is 2.31. The van der Waals surface area contributed by atoms with Gasteiger partial charge in [-0.1, -0.05) is 103 Å². The smallest absolute Gasteiger partial charge is 0.412 e. The number of carbonyl (C=O) groups excluding carboxylic acids is 8. The van der Waals surface area contributed by atoms with Gasteiger partial charge in [0.2, 0.25) is 18.3 Å². The summed E-state index contributed by atoms with van der Waals surface area (Å²) in [4.78, 5) is 106. The zero-order valence-electron chi connectivity index (χ0n) is 68.6. The number of carboxylic acids is 1. The number of carbonyl (C=O) groups is 9. The van der Waals surface area contributed by atoms with E-state index in [1.54, 1.807) is 116 Å². The number of epoxide rings is 1. The number of nitrogens with zero attached hydrogens (tertiary/aromatic N) is 8. The van der Waals surface area contributed by atoms with Crippen molar-refractivity contribution in [2.45, 2.75) is 249 Å². The Bertz CT molecular complexity index is 4090. The topological polar surface area (TPSA) is 388 Å². The SMILES string of the molecule is C=CC(=O)OC(C)(C)C.CC(C)(C)OC(=O)C(O)Cn1cccn1.CC(C)(C)OC(=O)C1CO1.CCOC(=O)C(Cn1cccn1)OC(=O)Nc1c(C)cccc1C(C)C.Cc1cccc(C(C)C)c1NC(=O)OC(Cn1cccn1)C(=O)O.Cc1cccc(C(C)C)c1NC(=O)OC(Cn1cccn1)C(=O)OC(C)(C)C. The number of hydrogen-bond donors (Lipinski definition) is 5. The van der Waals surface area contributed by atoms with Gasteiger partial charge in [-0.15, -0.1) is 0 Å². The normalized spacial score (nSPS) is 13.3. The van der Waals surface area contributed by atoms with Crippen LogP contribution in [-0.2, 0) is 97.6 Å². The number of carboxylic acid groups (broad SMARTS) is 1. The van der Waals surface area contributed by atoms with E-state index in [1.807, 2.05) is 158 Å². The van der Waals surface area contributed by atoms with Crippen molar-refractivity contribution in [3.8, 4) is 0 Å². The molecule has 0 saturated carbocycles. The lowest BCUT2D eigenvalue weighted by Gasteiger charge is -2.24. The Morgan fingerprint density at radius 1 is 0.482 bits per heavy atom. The highest BCUT2D eigenvalue weighted by Gasteiger charge is 2.36. The van der Waals surface area contributed by atoms with Gasteiger partial charge in [-0.05, 0) is 186 Å². The molecule has 1 fully saturated rings. The Morgan fingerprint density at radius 3 is 1.07 bits per heavy atom. The second-order valence-electron chi connectivity index (χ2n) is 30.3. The third kappa shape index (κ3) is 37.5. The Balaban J connectivity index is 0.000000363. The Hall–Kier alpha value is -11.2. The standard InChI is InChI=1S/C21H29N3O4.C19H25N3O4.C17H21N3O4.C10H16N2O3.C7H12O3.C7H12O2/c1-14(2)16-10-7-9-15(3)18(16)23-20(26)27-17(13-24-12-8-11-22-24)19(25)28-21(4,5)6;1-5-25-18(23)16(12-22-11-7-10-20-22)26-19(24)21-17-14(4)8-6-9-15(17)13(2)3;1-11(2)13-7-4-6-12(3)15(13)19-17(23)24-14(16(21)22)10-20-9-5-8-18-20;1-10(2,3)15-9(14)8(13)7-12-6-4-5-11-12;1-7(2,3)10-6(8)5-4-9-5;1-5-6(8)9-7(2,3)4/h7-12,14,17H,13H2,1-6H3,(H,23,26);6-11,13,16H,5,12H2,1-4H3,(H,21,24);4-9,11,14H,10H2,1-3H3,(H,19,23)(H,21,22);4-6,8,13H,7H2,1-3H3;5H,4H2,1-3H3;5H,1H2,2-4H3. The molecule has 0 spiro atoms. The number of aliphatic hydroxyl groups is 1. The van der Waals surface area contributed by atoms with Crippen LogP contribution < -0.4 is 16.0 Å². The summed E-state index contributed by atoms with van der Waals surface area (Å²) in [5.74, 6) is -3.03. The number of amides is 3. The van der Waals surface area contributed by atoms with Crippen molar-refractivity contribution in [3.63, 3.8) is 0 Å². The number of esters is 5. The second kappa shape index (κ2) is 45.2. The van der Waals surface area contributed by atoms with E-state index in [0.29, 0.717) is 23.7 Å². The number of ether oxygens (including phenoxy) is 9. The van der Waals surface area contributed by atoms with Crippen LogP contribution in [0.25, 0.3) is 0 Å². The molecule has 1 saturated heterocycles. The van der Waals surface area contributed by atoms with Crippen LogP contribution in [-0.4, -0.2) is 170 Å². The van der Waals surface area contributed by atoms with Gasteiger partial charge in [0.25, 0.3) is 0 Å². The van der Waals surface area contributed by atoms with Crippen LogP contribution in [0.4, 0.5) is 31.4 Å². The Kier molecular flexibility index (Phi) is 38.3. The molecule has 1 aliphatic rings. The molecule has 0 aliphatic carbocycles. The highest BCUT2D eigenvalue weighted by molar-refractivity contribution is 5.91. The zero-order chi connectivity index (χ0) is 84.4. The maximum absolute atomic E-state index is 12.6. The number of nitrogens with one attached hydrogen (secondary N) is 3. The van der Waals surface area contributed by atoms with Gasteiger partial charge in [0.15, 0.2) is 12.2 Å². The summed E-state index contributed by atoms with van der Waals surface area (Å²) >= 11 is 0. The summed E-state index contributed by atoms with van der Waals surface area (Å²) in [6, 6.07) is 24.2. The first-order valence-electron chi connectivity index (χ1n) is 36.5. The highest BCUT2D eigenvalue weighted by atomic mass is 16.6. The molecule has 31 nitrogen and oxygen atoms in total. The number of hydrogen-bond acceptors (Lipinski definition) is 23. The summed E-state index contributed by atoms with van der Waals surface area (Å²) in [6.45, 7) is 45.3. The van der Waals surface area contributed by atoms with Gasteiger partial charge in [0, 0.05) is 55.7 Å². The monoisotopic (exact) mass is 1560 g/mol. The maximum atomic E-state index is 12.6. The summed E-state index contributed by atoms with van der Waals surface area (Å²) in [7, 11) is 0. The zero-order valence-corrected chi connectivity index (χ0v) is 68.6. The third-order valence-corrected chi connectivity index (χ3v) is 14.6. The fraction of sp³-hybridized carbons (Fsp3) is 0.494. The number of benzene rings is 3. The summed E-state index contributed by atoms with van der Waals surface area (Å²) < 4.78 is 51.8. The van der Waals surface area contributed by atoms with Crippen molar-refractivity contribution in [2.24, 2.45) is 0 Å². The number of aliphatic carboxylic acids is 1. The van der Waals surface area contributed by atoms with Crippen LogP contribution in [0, 0.1) is 20.8 Å². The third-order valence-electron chi connectivity index (χ3n) is 14.6. The molecule has 0 bridgehead atoms. The molecule has 8 rings (SSSR count). The number of rotatable bonds is 24. The lowest BCUT2D eigenvalue weighted by atomic mass is 9.98. The lowest BCUT2D eigenvalue weighted by molar-refractivity contribution is -0.166. The molecular formula is C81H115N11O20. The van der Waals surface area contributed by atoms with Gasteiger partial charge in [-0.25, -0.2) is 43.2 Å². The Morgan fingerprint density at radius 2 is 0.795 bits per heavy atom. The van der Waals surface area contributed by atoms with Crippen molar-refractivity contribution in [2.75, 3.05) is 29.2 Å². The summed E-state index contributed by atoms with van der Waals surface area (Å²) in [6.07, 6.45) is 6.92. The van der Waals surface area contributed by atoms with Crippen LogP contribution in [0.5, 0.6) is 0 Å². The fourth-order valence-electron chi connectivity index (χ4n) is 9.56. The molecule has 4 aromatic heterocycles. The summed E-state index contributed by atoms with van der Waals surface area (Å²) in [5, 5.41) is 42.9. The average molecular weight is 1560 g/mol.